The van der Waals surface area contributed by atoms with E-state index in [1.807, 2.05) is 18.2 Å². The van der Waals surface area contributed by atoms with Crippen molar-refractivity contribution >= 4 is 6.16 Å². The first-order chi connectivity index (χ1) is 15.7. The smallest absolute Gasteiger partial charge is 0.434 e. The van der Waals surface area contributed by atoms with Gasteiger partial charge in [0.1, 0.15) is 0 Å². The van der Waals surface area contributed by atoms with Crippen molar-refractivity contribution in [3.05, 3.63) is 70.8 Å². The lowest BCUT2D eigenvalue weighted by Crippen LogP contribution is -2.10. The molecule has 0 unspecified atom stereocenters. The standard InChI is InChI=1S/C29H42O3/c1-3-5-8-16-26-20-21-27(28(24-26)18-9-6-4-2)19-13-23-32-29(30)31-22-12-17-25-14-10-7-11-15-25/h7,10-11,14-15,20-21,24H,3-6,8-9,12-13,16-19,22-23H2,1-2H3. The number of benzene rings is 2. The van der Waals surface area contributed by atoms with E-state index < -0.39 is 6.16 Å². The largest absolute Gasteiger partial charge is 0.508 e. The number of ether oxygens (including phenoxy) is 2. The molecule has 176 valence electrons. The Morgan fingerprint density at radius 1 is 0.625 bits per heavy atom. The van der Waals surface area contributed by atoms with Crippen LogP contribution in [-0.4, -0.2) is 19.4 Å². The number of hydrogen-bond donors (Lipinski definition) is 0. The molecule has 3 heteroatoms. The molecule has 0 saturated heterocycles. The van der Waals surface area contributed by atoms with Gasteiger partial charge >= 0.3 is 6.16 Å². The van der Waals surface area contributed by atoms with E-state index in [0.717, 1.165) is 32.1 Å². The monoisotopic (exact) mass is 438 g/mol. The molecule has 0 aliphatic rings. The van der Waals surface area contributed by atoms with Crippen LogP contribution in [0.2, 0.25) is 0 Å². The van der Waals surface area contributed by atoms with Crippen molar-refractivity contribution in [2.24, 2.45) is 0 Å². The first-order valence-corrected chi connectivity index (χ1v) is 12.7. The van der Waals surface area contributed by atoms with Crippen molar-refractivity contribution in [3.8, 4) is 0 Å². The molecule has 0 atom stereocenters. The molecule has 0 radical (unpaired) electrons. The third kappa shape index (κ3) is 10.8. The molecule has 0 bridgehead atoms. The van der Waals surface area contributed by atoms with Gasteiger partial charge in [-0.2, -0.15) is 0 Å². The summed E-state index contributed by atoms with van der Waals surface area (Å²) in [5, 5.41) is 0. The Labute approximate surface area is 195 Å². The Kier molecular flexibility index (Phi) is 13.3. The average Bonchev–Trinajstić information content (AvgIpc) is 2.81. The second kappa shape index (κ2) is 16.4. The Bertz CT molecular complexity index is 754. The molecule has 3 nitrogen and oxygen atoms in total. The Balaban J connectivity index is 1.69. The number of hydrogen-bond acceptors (Lipinski definition) is 3. The number of rotatable bonds is 16. The van der Waals surface area contributed by atoms with Gasteiger partial charge in [-0.15, -0.1) is 0 Å². The molecule has 0 aliphatic carbocycles. The summed E-state index contributed by atoms with van der Waals surface area (Å²) < 4.78 is 10.5. The lowest BCUT2D eigenvalue weighted by molar-refractivity contribution is 0.0539. The SMILES string of the molecule is CCCCCc1ccc(CCCOC(=O)OCCCc2ccccc2)c(CCCCC)c1. The number of carbonyl (C=O) groups is 1. The molecule has 2 rings (SSSR count). The van der Waals surface area contributed by atoms with Gasteiger partial charge in [-0.3, -0.25) is 0 Å². The average molecular weight is 439 g/mol. The summed E-state index contributed by atoms with van der Waals surface area (Å²) in [5.74, 6) is 0. The lowest BCUT2D eigenvalue weighted by Gasteiger charge is -2.13. The predicted molar refractivity (Wildman–Crippen MR) is 133 cm³/mol. The zero-order chi connectivity index (χ0) is 22.9. The van der Waals surface area contributed by atoms with E-state index in [1.54, 1.807) is 0 Å². The van der Waals surface area contributed by atoms with Gasteiger partial charge < -0.3 is 9.47 Å². The van der Waals surface area contributed by atoms with Crippen LogP contribution in [0.3, 0.4) is 0 Å². The molecule has 32 heavy (non-hydrogen) atoms. The molecule has 0 saturated carbocycles. The second-order valence-corrected chi connectivity index (χ2v) is 8.66. The number of carbonyl (C=O) groups excluding carboxylic acids is 1. The molecule has 2 aromatic carbocycles. The van der Waals surface area contributed by atoms with Crippen molar-refractivity contribution in [1.29, 1.82) is 0 Å². The second-order valence-electron chi connectivity index (χ2n) is 8.66. The van der Waals surface area contributed by atoms with Gasteiger partial charge in [-0.05, 0) is 73.6 Å². The molecule has 0 heterocycles. The maximum absolute atomic E-state index is 11.8. The topological polar surface area (TPSA) is 35.5 Å². The van der Waals surface area contributed by atoms with Gasteiger partial charge in [-0.1, -0.05) is 88.1 Å². The van der Waals surface area contributed by atoms with Gasteiger partial charge in [0.25, 0.3) is 0 Å². The van der Waals surface area contributed by atoms with Crippen molar-refractivity contribution in [2.45, 2.75) is 90.9 Å². The molecule has 0 aromatic heterocycles. The highest BCUT2D eigenvalue weighted by molar-refractivity contribution is 5.59. The van der Waals surface area contributed by atoms with Crippen molar-refractivity contribution < 1.29 is 14.3 Å². The van der Waals surface area contributed by atoms with E-state index in [-0.39, 0.29) is 0 Å². The molecule has 0 N–H and O–H groups in total. The van der Waals surface area contributed by atoms with Crippen molar-refractivity contribution in [1.82, 2.24) is 0 Å². The maximum Gasteiger partial charge on any atom is 0.508 e. The lowest BCUT2D eigenvalue weighted by atomic mass is 9.94. The van der Waals surface area contributed by atoms with Crippen LogP contribution >= 0.6 is 0 Å². The highest BCUT2D eigenvalue weighted by atomic mass is 16.7. The van der Waals surface area contributed by atoms with Crippen molar-refractivity contribution in [2.75, 3.05) is 13.2 Å². The quantitative estimate of drug-likeness (QED) is 0.197. The van der Waals surface area contributed by atoms with E-state index in [0.29, 0.717) is 13.2 Å². The van der Waals surface area contributed by atoms with Crippen LogP contribution in [0.25, 0.3) is 0 Å². The van der Waals surface area contributed by atoms with E-state index in [9.17, 15) is 4.79 Å². The fraction of sp³-hybridized carbons (Fsp3) is 0.552. The molecule has 0 aliphatic heterocycles. The van der Waals surface area contributed by atoms with Gasteiger partial charge in [0.05, 0.1) is 13.2 Å². The zero-order valence-corrected chi connectivity index (χ0v) is 20.2. The minimum atomic E-state index is -0.549. The first-order valence-electron chi connectivity index (χ1n) is 12.7. The summed E-state index contributed by atoms with van der Waals surface area (Å²) >= 11 is 0. The van der Waals surface area contributed by atoms with E-state index in [2.05, 4.69) is 44.2 Å². The number of unbranched alkanes of at least 4 members (excludes halogenated alkanes) is 4. The Morgan fingerprint density at radius 3 is 1.91 bits per heavy atom. The van der Waals surface area contributed by atoms with Gasteiger partial charge in [0.2, 0.25) is 0 Å². The number of aryl methyl sites for hydroxylation is 4. The molecule has 2 aromatic rings. The summed E-state index contributed by atoms with van der Waals surface area (Å²) in [5.41, 5.74) is 5.61. The van der Waals surface area contributed by atoms with Crippen LogP contribution in [0.15, 0.2) is 48.5 Å². The van der Waals surface area contributed by atoms with Gasteiger partial charge in [0, 0.05) is 0 Å². The summed E-state index contributed by atoms with van der Waals surface area (Å²) in [7, 11) is 0. The normalized spacial score (nSPS) is 10.8. The van der Waals surface area contributed by atoms with Crippen LogP contribution in [0, 0.1) is 0 Å². The Morgan fingerprint density at radius 2 is 1.22 bits per heavy atom. The Hall–Kier alpha value is -2.29. The fourth-order valence-electron chi connectivity index (χ4n) is 3.99. The molecular formula is C29H42O3. The van der Waals surface area contributed by atoms with Crippen LogP contribution in [0.5, 0.6) is 0 Å². The fourth-order valence-corrected chi connectivity index (χ4v) is 3.99. The van der Waals surface area contributed by atoms with Crippen LogP contribution in [0.1, 0.15) is 87.5 Å². The molecule has 0 fully saturated rings. The third-order valence-electron chi connectivity index (χ3n) is 5.87. The van der Waals surface area contributed by atoms with E-state index in [1.165, 1.54) is 67.2 Å². The van der Waals surface area contributed by atoms with Gasteiger partial charge in [-0.25, -0.2) is 4.79 Å². The summed E-state index contributed by atoms with van der Waals surface area (Å²) in [6.45, 7) is 5.31. The highest BCUT2D eigenvalue weighted by Crippen LogP contribution is 2.19. The van der Waals surface area contributed by atoms with Crippen molar-refractivity contribution in [3.63, 3.8) is 0 Å². The van der Waals surface area contributed by atoms with E-state index in [4.69, 9.17) is 9.47 Å². The molecular weight excluding hydrogens is 396 g/mol. The van der Waals surface area contributed by atoms with Crippen LogP contribution in [-0.2, 0) is 35.2 Å². The van der Waals surface area contributed by atoms with Crippen LogP contribution in [0.4, 0.5) is 4.79 Å². The molecule has 0 spiro atoms. The third-order valence-corrected chi connectivity index (χ3v) is 5.87. The van der Waals surface area contributed by atoms with Gasteiger partial charge in [0.15, 0.2) is 0 Å². The first kappa shape index (κ1) is 26.0. The minimum absolute atomic E-state index is 0.398. The molecule has 0 amide bonds. The highest BCUT2D eigenvalue weighted by Gasteiger charge is 2.07. The zero-order valence-electron chi connectivity index (χ0n) is 20.2. The summed E-state index contributed by atoms with van der Waals surface area (Å²) in [4.78, 5) is 11.8. The minimum Gasteiger partial charge on any atom is -0.434 e. The summed E-state index contributed by atoms with van der Waals surface area (Å²) in [6, 6.07) is 17.2. The predicted octanol–water partition coefficient (Wildman–Crippen LogP) is 7.87. The summed E-state index contributed by atoms with van der Waals surface area (Å²) in [6.07, 6.45) is 12.9. The van der Waals surface area contributed by atoms with Crippen LogP contribution < -0.4 is 0 Å². The maximum atomic E-state index is 11.8. The van der Waals surface area contributed by atoms with E-state index >= 15 is 0 Å².